The van der Waals surface area contributed by atoms with Gasteiger partial charge in [-0.2, -0.15) is 0 Å². The maximum atomic E-state index is 10.9. The number of hydrogen-bond donors (Lipinski definition) is 4. The molecule has 0 aromatic rings. The number of rotatable bonds is 8. The van der Waals surface area contributed by atoms with Gasteiger partial charge in [-0.15, -0.1) is 0 Å². The summed E-state index contributed by atoms with van der Waals surface area (Å²) >= 11 is 0. The fourth-order valence-electron chi connectivity index (χ4n) is 1.38. The highest BCUT2D eigenvalue weighted by atomic mass is 16.1. The Morgan fingerprint density at radius 1 is 1.00 bits per heavy atom. The topological polar surface area (TPSA) is 110 Å². The maximum Gasteiger partial charge on any atom is 0.234 e. The molecular formula is C9H20N4O2. The molecule has 0 radical (unpaired) electrons. The highest BCUT2D eigenvalue weighted by Gasteiger charge is 2.15. The van der Waals surface area contributed by atoms with Crippen molar-refractivity contribution in [3.63, 3.8) is 0 Å². The van der Waals surface area contributed by atoms with Gasteiger partial charge in [-0.05, 0) is 33.4 Å². The number of nitrogens with one attached hydrogen (secondary N) is 2. The van der Waals surface area contributed by atoms with E-state index in [4.69, 9.17) is 11.5 Å². The summed E-state index contributed by atoms with van der Waals surface area (Å²) in [7, 11) is 3.36. The fourth-order valence-corrected chi connectivity index (χ4v) is 1.38. The van der Waals surface area contributed by atoms with Crippen molar-refractivity contribution in [1.82, 2.24) is 10.6 Å². The lowest BCUT2D eigenvalue weighted by Crippen LogP contribution is -2.41. The van der Waals surface area contributed by atoms with Crippen LogP contribution in [0.15, 0.2) is 0 Å². The van der Waals surface area contributed by atoms with Crippen LogP contribution in [0, 0.1) is 0 Å². The van der Waals surface area contributed by atoms with Gasteiger partial charge in [-0.3, -0.25) is 9.59 Å². The molecule has 0 aromatic carbocycles. The van der Waals surface area contributed by atoms with Gasteiger partial charge in [0.15, 0.2) is 0 Å². The summed E-state index contributed by atoms with van der Waals surface area (Å²) in [5.41, 5.74) is 10.3. The van der Waals surface area contributed by atoms with Crippen LogP contribution in [0.25, 0.3) is 0 Å². The molecule has 2 unspecified atom stereocenters. The van der Waals surface area contributed by atoms with E-state index in [0.29, 0.717) is 19.3 Å². The van der Waals surface area contributed by atoms with Crippen LogP contribution in [0.2, 0.25) is 0 Å². The average molecular weight is 216 g/mol. The molecule has 6 nitrogen and oxygen atoms in total. The molecule has 0 aromatic heterocycles. The summed E-state index contributed by atoms with van der Waals surface area (Å²) < 4.78 is 0. The van der Waals surface area contributed by atoms with Crippen LogP contribution in [0.5, 0.6) is 0 Å². The van der Waals surface area contributed by atoms with Crippen molar-refractivity contribution < 1.29 is 9.59 Å². The molecule has 0 heterocycles. The molecule has 0 bridgehead atoms. The quantitative estimate of drug-likeness (QED) is 0.388. The van der Waals surface area contributed by atoms with E-state index in [9.17, 15) is 9.59 Å². The van der Waals surface area contributed by atoms with Gasteiger partial charge in [0.1, 0.15) is 0 Å². The Labute approximate surface area is 89.8 Å². The number of primary amides is 2. The third-order valence-corrected chi connectivity index (χ3v) is 2.37. The van der Waals surface area contributed by atoms with E-state index in [1.54, 1.807) is 14.1 Å². The molecule has 0 saturated heterocycles. The van der Waals surface area contributed by atoms with Gasteiger partial charge >= 0.3 is 0 Å². The molecule has 6 N–H and O–H groups in total. The Morgan fingerprint density at radius 3 is 1.53 bits per heavy atom. The van der Waals surface area contributed by atoms with Crippen molar-refractivity contribution in [3.05, 3.63) is 0 Å². The molecule has 6 heteroatoms. The lowest BCUT2D eigenvalue weighted by Gasteiger charge is -2.15. The first-order valence-corrected chi connectivity index (χ1v) is 4.96. The SMILES string of the molecule is CNC(CCCC(NC)C(N)=O)C(N)=O. The lowest BCUT2D eigenvalue weighted by atomic mass is 10.0. The highest BCUT2D eigenvalue weighted by Crippen LogP contribution is 2.03. The Bertz CT molecular complexity index is 198. The van der Waals surface area contributed by atoms with Crippen molar-refractivity contribution in [1.29, 1.82) is 0 Å². The fraction of sp³-hybridized carbons (Fsp3) is 0.778. The number of hydrogen-bond acceptors (Lipinski definition) is 4. The molecule has 0 spiro atoms. The molecule has 0 aliphatic carbocycles. The van der Waals surface area contributed by atoms with Crippen LogP contribution >= 0.6 is 0 Å². The second-order valence-electron chi connectivity index (χ2n) is 3.42. The van der Waals surface area contributed by atoms with Gasteiger partial charge < -0.3 is 22.1 Å². The molecule has 2 atom stereocenters. The molecule has 2 amide bonds. The van der Waals surface area contributed by atoms with Gasteiger partial charge in [-0.25, -0.2) is 0 Å². The summed E-state index contributed by atoms with van der Waals surface area (Å²) in [5.74, 6) is -0.754. The third-order valence-electron chi connectivity index (χ3n) is 2.37. The lowest BCUT2D eigenvalue weighted by molar-refractivity contribution is -0.120. The zero-order valence-electron chi connectivity index (χ0n) is 9.25. The van der Waals surface area contributed by atoms with Crippen molar-refractivity contribution in [2.75, 3.05) is 14.1 Å². The summed E-state index contributed by atoms with van der Waals surface area (Å²) in [6.07, 6.45) is 1.93. The number of carbonyl (C=O) groups excluding carboxylic acids is 2. The molecular weight excluding hydrogens is 196 g/mol. The minimum absolute atomic E-state index is 0.338. The molecule has 0 rings (SSSR count). The summed E-state index contributed by atoms with van der Waals surface area (Å²) in [5, 5.41) is 5.62. The third kappa shape index (κ3) is 5.34. The number of nitrogens with two attached hydrogens (primary N) is 2. The van der Waals surface area contributed by atoms with Gasteiger partial charge in [-0.1, -0.05) is 0 Å². The van der Waals surface area contributed by atoms with E-state index in [0.717, 1.165) is 0 Å². The first-order chi connectivity index (χ1) is 7.02. The van der Waals surface area contributed by atoms with E-state index < -0.39 is 0 Å². The molecule has 0 saturated carbocycles. The smallest absolute Gasteiger partial charge is 0.234 e. The van der Waals surface area contributed by atoms with Crippen LogP contribution in [0.1, 0.15) is 19.3 Å². The van der Waals surface area contributed by atoms with Crippen LogP contribution in [-0.2, 0) is 9.59 Å². The molecule has 0 aliphatic rings. The summed E-state index contributed by atoms with van der Waals surface area (Å²) in [6.45, 7) is 0. The van der Waals surface area contributed by atoms with Gasteiger partial charge in [0, 0.05) is 0 Å². The van der Waals surface area contributed by atoms with Gasteiger partial charge in [0.05, 0.1) is 12.1 Å². The van der Waals surface area contributed by atoms with Crippen LogP contribution < -0.4 is 22.1 Å². The van der Waals surface area contributed by atoms with E-state index >= 15 is 0 Å². The summed E-state index contributed by atoms with van der Waals surface area (Å²) in [6, 6.07) is -0.675. The Kier molecular flexibility index (Phi) is 6.64. The first-order valence-electron chi connectivity index (χ1n) is 4.96. The predicted octanol–water partition coefficient (Wildman–Crippen LogP) is -1.70. The zero-order chi connectivity index (χ0) is 11.8. The zero-order valence-corrected chi connectivity index (χ0v) is 9.25. The van der Waals surface area contributed by atoms with E-state index in [1.165, 1.54) is 0 Å². The standard InChI is InChI=1S/C9H20N4O2/c1-12-6(8(10)14)4-3-5-7(13-2)9(11)15/h6-7,12-13H,3-5H2,1-2H3,(H2,10,14)(H2,11,15). The van der Waals surface area contributed by atoms with Crippen molar-refractivity contribution in [2.24, 2.45) is 11.5 Å². The average Bonchev–Trinajstić information content (AvgIpc) is 2.17. The largest absolute Gasteiger partial charge is 0.368 e. The Balaban J connectivity index is 3.85. The van der Waals surface area contributed by atoms with Crippen LogP contribution in [-0.4, -0.2) is 38.0 Å². The van der Waals surface area contributed by atoms with Crippen LogP contribution in [0.3, 0.4) is 0 Å². The molecule has 88 valence electrons. The minimum atomic E-state index is -0.377. The second-order valence-corrected chi connectivity index (χ2v) is 3.42. The van der Waals surface area contributed by atoms with Crippen molar-refractivity contribution in [2.45, 2.75) is 31.3 Å². The molecule has 0 aliphatic heterocycles. The van der Waals surface area contributed by atoms with Crippen molar-refractivity contribution >= 4 is 11.8 Å². The molecule has 0 fully saturated rings. The first kappa shape index (κ1) is 13.9. The second kappa shape index (κ2) is 7.19. The summed E-state index contributed by atoms with van der Waals surface area (Å²) in [4.78, 5) is 21.7. The van der Waals surface area contributed by atoms with Crippen molar-refractivity contribution in [3.8, 4) is 0 Å². The maximum absolute atomic E-state index is 10.9. The monoisotopic (exact) mass is 216 g/mol. The number of likely N-dealkylation sites (N-methyl/N-ethyl adjacent to an activating group) is 2. The number of amides is 2. The minimum Gasteiger partial charge on any atom is -0.368 e. The normalized spacial score (nSPS) is 14.5. The van der Waals surface area contributed by atoms with Gasteiger partial charge in [0.2, 0.25) is 11.8 Å². The van der Waals surface area contributed by atoms with Gasteiger partial charge in [0.25, 0.3) is 0 Å². The Morgan fingerprint density at radius 2 is 1.33 bits per heavy atom. The van der Waals surface area contributed by atoms with E-state index in [2.05, 4.69) is 10.6 Å². The number of carbonyl (C=O) groups is 2. The predicted molar refractivity (Wildman–Crippen MR) is 57.9 cm³/mol. The van der Waals surface area contributed by atoms with E-state index in [-0.39, 0.29) is 23.9 Å². The van der Waals surface area contributed by atoms with E-state index in [1.807, 2.05) is 0 Å². The Hall–Kier alpha value is -1.14. The molecule has 15 heavy (non-hydrogen) atoms. The van der Waals surface area contributed by atoms with Crippen LogP contribution in [0.4, 0.5) is 0 Å². The highest BCUT2D eigenvalue weighted by molar-refractivity contribution is 5.80.